The summed E-state index contributed by atoms with van der Waals surface area (Å²) in [7, 11) is 0. The first-order chi connectivity index (χ1) is 8.58. The molecule has 0 heterocycles. The summed E-state index contributed by atoms with van der Waals surface area (Å²) in [4.78, 5) is 0. The quantitative estimate of drug-likeness (QED) is 0.844. The Balaban J connectivity index is 2.30. The van der Waals surface area contributed by atoms with E-state index < -0.39 is 0 Å². The Bertz CT molecular complexity index is 570. The minimum absolute atomic E-state index is 0.495. The van der Waals surface area contributed by atoms with E-state index in [-0.39, 0.29) is 0 Å². The zero-order chi connectivity index (χ0) is 13.1. The van der Waals surface area contributed by atoms with Crippen molar-refractivity contribution < 1.29 is 4.74 Å². The average Bonchev–Trinajstić information content (AvgIpc) is 2.32. The minimum atomic E-state index is 0.495. The van der Waals surface area contributed by atoms with Crippen LogP contribution in [-0.2, 0) is 6.54 Å². The Morgan fingerprint density at radius 3 is 2.50 bits per heavy atom. The summed E-state index contributed by atoms with van der Waals surface area (Å²) in [5.41, 5.74) is 7.77. The van der Waals surface area contributed by atoms with Crippen molar-refractivity contribution in [2.45, 2.75) is 13.5 Å². The highest BCUT2D eigenvalue weighted by atomic mass is 79.9. The van der Waals surface area contributed by atoms with E-state index in [0.717, 1.165) is 31.6 Å². The number of nitrogens with two attached hydrogens (primary N) is 1. The molecule has 2 rings (SSSR count). The van der Waals surface area contributed by atoms with Crippen LogP contribution in [0.4, 0.5) is 0 Å². The van der Waals surface area contributed by atoms with E-state index in [1.807, 2.05) is 43.3 Å². The third-order valence-electron chi connectivity index (χ3n) is 2.53. The van der Waals surface area contributed by atoms with Crippen LogP contribution in [-0.4, -0.2) is 0 Å². The maximum Gasteiger partial charge on any atom is 0.130 e. The van der Waals surface area contributed by atoms with Crippen LogP contribution >= 0.6 is 31.9 Å². The van der Waals surface area contributed by atoms with Crippen LogP contribution in [0.25, 0.3) is 0 Å². The summed E-state index contributed by atoms with van der Waals surface area (Å²) >= 11 is 6.89. The maximum atomic E-state index is 5.88. The second-order valence-electron chi connectivity index (χ2n) is 4.01. The third-order valence-corrected chi connectivity index (χ3v) is 3.48. The first-order valence-corrected chi connectivity index (χ1v) is 7.10. The van der Waals surface area contributed by atoms with Crippen molar-refractivity contribution in [3.05, 3.63) is 56.5 Å². The zero-order valence-electron chi connectivity index (χ0n) is 9.91. The fourth-order valence-corrected chi connectivity index (χ4v) is 2.65. The highest BCUT2D eigenvalue weighted by molar-refractivity contribution is 9.10. The highest BCUT2D eigenvalue weighted by Crippen LogP contribution is 2.29. The van der Waals surface area contributed by atoms with E-state index in [9.17, 15) is 0 Å². The molecule has 0 unspecified atom stereocenters. The number of hydrogen-bond donors (Lipinski definition) is 1. The van der Waals surface area contributed by atoms with Gasteiger partial charge in [0.15, 0.2) is 0 Å². The maximum absolute atomic E-state index is 5.88. The Hall–Kier alpha value is -0.840. The molecule has 0 saturated carbocycles. The molecular formula is C14H13Br2NO. The zero-order valence-corrected chi connectivity index (χ0v) is 13.1. The van der Waals surface area contributed by atoms with Crippen molar-refractivity contribution in [3.63, 3.8) is 0 Å². The van der Waals surface area contributed by atoms with Crippen LogP contribution in [0.5, 0.6) is 11.5 Å². The van der Waals surface area contributed by atoms with E-state index in [1.165, 1.54) is 0 Å². The van der Waals surface area contributed by atoms with Gasteiger partial charge in [-0.25, -0.2) is 0 Å². The van der Waals surface area contributed by atoms with E-state index >= 15 is 0 Å². The summed E-state index contributed by atoms with van der Waals surface area (Å²) in [5, 5.41) is 0. The summed E-state index contributed by atoms with van der Waals surface area (Å²) in [6, 6.07) is 11.8. The predicted molar refractivity (Wildman–Crippen MR) is 81.0 cm³/mol. The average molecular weight is 371 g/mol. The first kappa shape index (κ1) is 13.6. The van der Waals surface area contributed by atoms with Gasteiger partial charge in [0, 0.05) is 15.5 Å². The molecule has 2 N–H and O–H groups in total. The molecule has 0 aliphatic rings. The number of aryl methyl sites for hydroxylation is 1. The smallest absolute Gasteiger partial charge is 0.130 e. The lowest BCUT2D eigenvalue weighted by molar-refractivity contribution is 0.478. The van der Waals surface area contributed by atoms with Gasteiger partial charge < -0.3 is 10.5 Å². The Labute approximate surface area is 123 Å². The molecule has 0 aromatic heterocycles. The largest absolute Gasteiger partial charge is 0.457 e. The lowest BCUT2D eigenvalue weighted by atomic mass is 10.2. The minimum Gasteiger partial charge on any atom is -0.457 e. The van der Waals surface area contributed by atoms with Crippen LogP contribution in [0.15, 0.2) is 45.3 Å². The van der Waals surface area contributed by atoms with Gasteiger partial charge in [-0.05, 0) is 54.4 Å². The number of benzene rings is 2. The SMILES string of the molecule is Cc1cc(Br)ccc1Oc1cc(Br)cc(CN)c1. The molecule has 2 aromatic rings. The molecule has 0 saturated heterocycles. The second-order valence-corrected chi connectivity index (χ2v) is 5.84. The molecule has 0 fully saturated rings. The molecule has 2 nitrogen and oxygen atoms in total. The molecule has 0 aliphatic heterocycles. The monoisotopic (exact) mass is 369 g/mol. The fourth-order valence-electron chi connectivity index (χ4n) is 1.65. The molecule has 0 bridgehead atoms. The molecule has 94 valence electrons. The Morgan fingerprint density at radius 1 is 1.06 bits per heavy atom. The van der Waals surface area contributed by atoms with E-state index in [4.69, 9.17) is 10.5 Å². The molecule has 0 radical (unpaired) electrons. The van der Waals surface area contributed by atoms with Gasteiger partial charge in [-0.3, -0.25) is 0 Å². The molecule has 0 amide bonds. The highest BCUT2D eigenvalue weighted by Gasteiger charge is 2.04. The van der Waals surface area contributed by atoms with Crippen molar-refractivity contribution in [2.24, 2.45) is 5.73 Å². The van der Waals surface area contributed by atoms with Gasteiger partial charge in [-0.15, -0.1) is 0 Å². The number of hydrogen-bond acceptors (Lipinski definition) is 2. The van der Waals surface area contributed by atoms with Crippen LogP contribution in [0.2, 0.25) is 0 Å². The summed E-state index contributed by atoms with van der Waals surface area (Å²) in [6.45, 7) is 2.51. The van der Waals surface area contributed by atoms with Gasteiger partial charge in [-0.2, -0.15) is 0 Å². The summed E-state index contributed by atoms with van der Waals surface area (Å²) in [5.74, 6) is 1.63. The topological polar surface area (TPSA) is 35.2 Å². The van der Waals surface area contributed by atoms with Crippen molar-refractivity contribution in [3.8, 4) is 11.5 Å². The fraction of sp³-hybridized carbons (Fsp3) is 0.143. The molecule has 4 heteroatoms. The van der Waals surface area contributed by atoms with Crippen LogP contribution in [0.3, 0.4) is 0 Å². The summed E-state index contributed by atoms with van der Waals surface area (Å²) in [6.07, 6.45) is 0. The number of ether oxygens (including phenoxy) is 1. The number of rotatable bonds is 3. The molecule has 18 heavy (non-hydrogen) atoms. The lowest BCUT2D eigenvalue weighted by Gasteiger charge is -2.10. The van der Waals surface area contributed by atoms with Gasteiger partial charge in [0.25, 0.3) is 0 Å². The van der Waals surface area contributed by atoms with Gasteiger partial charge in [0.05, 0.1) is 0 Å². The first-order valence-electron chi connectivity index (χ1n) is 5.52. The third kappa shape index (κ3) is 3.34. The second kappa shape index (κ2) is 5.87. The van der Waals surface area contributed by atoms with E-state index in [2.05, 4.69) is 31.9 Å². The molecule has 0 spiro atoms. The standard InChI is InChI=1S/C14H13Br2NO/c1-9-4-11(15)2-3-14(9)18-13-6-10(8-17)5-12(16)7-13/h2-7H,8,17H2,1H3. The van der Waals surface area contributed by atoms with E-state index in [0.29, 0.717) is 6.54 Å². The molecular weight excluding hydrogens is 358 g/mol. The Kier molecular flexibility index (Phi) is 4.43. The van der Waals surface area contributed by atoms with Gasteiger partial charge in [0.2, 0.25) is 0 Å². The van der Waals surface area contributed by atoms with Crippen molar-refractivity contribution in [1.29, 1.82) is 0 Å². The van der Waals surface area contributed by atoms with Crippen molar-refractivity contribution in [2.75, 3.05) is 0 Å². The van der Waals surface area contributed by atoms with Crippen molar-refractivity contribution >= 4 is 31.9 Å². The van der Waals surface area contributed by atoms with Crippen LogP contribution < -0.4 is 10.5 Å². The van der Waals surface area contributed by atoms with Crippen LogP contribution in [0, 0.1) is 6.92 Å². The normalized spacial score (nSPS) is 10.4. The van der Waals surface area contributed by atoms with Gasteiger partial charge >= 0.3 is 0 Å². The molecule has 2 aromatic carbocycles. The van der Waals surface area contributed by atoms with Crippen molar-refractivity contribution in [1.82, 2.24) is 0 Å². The number of halogens is 2. The molecule has 0 aliphatic carbocycles. The molecule has 0 atom stereocenters. The lowest BCUT2D eigenvalue weighted by Crippen LogP contribution is -1.97. The van der Waals surface area contributed by atoms with Gasteiger partial charge in [0.1, 0.15) is 11.5 Å². The van der Waals surface area contributed by atoms with E-state index in [1.54, 1.807) is 0 Å². The Morgan fingerprint density at radius 2 is 1.83 bits per heavy atom. The summed E-state index contributed by atoms with van der Waals surface area (Å²) < 4.78 is 7.89. The van der Waals surface area contributed by atoms with Gasteiger partial charge in [-0.1, -0.05) is 31.9 Å². The predicted octanol–water partition coefficient (Wildman–Crippen LogP) is 4.77. The van der Waals surface area contributed by atoms with Crippen LogP contribution in [0.1, 0.15) is 11.1 Å².